The second-order valence-electron chi connectivity index (χ2n) is 6.03. The van der Waals surface area contributed by atoms with E-state index in [1.54, 1.807) is 7.11 Å². The molecule has 24 heavy (non-hydrogen) atoms. The van der Waals surface area contributed by atoms with Crippen LogP contribution in [0.25, 0.3) is 0 Å². The van der Waals surface area contributed by atoms with Gasteiger partial charge in [-0.3, -0.25) is 4.90 Å². The van der Waals surface area contributed by atoms with Gasteiger partial charge in [-0.15, -0.1) is 0 Å². The second kappa shape index (κ2) is 7.88. The molecule has 0 aromatic heterocycles. The molecule has 128 valence electrons. The van der Waals surface area contributed by atoms with Crippen molar-refractivity contribution in [2.45, 2.75) is 6.10 Å². The van der Waals surface area contributed by atoms with Gasteiger partial charge in [0.25, 0.3) is 0 Å². The van der Waals surface area contributed by atoms with Crippen molar-refractivity contribution >= 4 is 17.3 Å². The molecule has 0 spiro atoms. The molecular formula is C19H23ClN2O2. The van der Waals surface area contributed by atoms with Crippen LogP contribution in [0.5, 0.6) is 5.75 Å². The van der Waals surface area contributed by atoms with Crippen molar-refractivity contribution in [1.82, 2.24) is 4.90 Å². The van der Waals surface area contributed by atoms with Crippen molar-refractivity contribution in [2.75, 3.05) is 44.7 Å². The van der Waals surface area contributed by atoms with Crippen molar-refractivity contribution in [2.24, 2.45) is 0 Å². The Balaban J connectivity index is 1.56. The first-order valence-corrected chi connectivity index (χ1v) is 8.59. The predicted octanol–water partition coefficient (Wildman–Crippen LogP) is 3.20. The topological polar surface area (TPSA) is 35.9 Å². The fourth-order valence-electron chi connectivity index (χ4n) is 3.08. The number of anilines is 1. The zero-order chi connectivity index (χ0) is 16.9. The fourth-order valence-corrected chi connectivity index (χ4v) is 3.35. The summed E-state index contributed by atoms with van der Waals surface area (Å²) < 4.78 is 5.30. The van der Waals surface area contributed by atoms with Crippen LogP contribution in [0.2, 0.25) is 5.02 Å². The molecule has 0 bridgehead atoms. The molecule has 1 unspecified atom stereocenters. The molecule has 0 saturated carbocycles. The molecule has 1 atom stereocenters. The summed E-state index contributed by atoms with van der Waals surface area (Å²) in [6, 6.07) is 15.6. The average molecular weight is 347 g/mol. The standard InChI is InChI=1S/C19H23ClN2O2/c1-24-16-6-4-5-15(13-16)22-11-9-21(10-12-22)14-19(23)17-7-2-3-8-18(17)20/h2-8,13,19,23H,9-12,14H2,1H3. The molecule has 2 aromatic rings. The van der Waals surface area contributed by atoms with Crippen LogP contribution in [0.15, 0.2) is 48.5 Å². The SMILES string of the molecule is COc1cccc(N2CCN(CC(O)c3ccccc3Cl)CC2)c1. The van der Waals surface area contributed by atoms with Crippen LogP contribution in [-0.2, 0) is 0 Å². The molecule has 1 N–H and O–H groups in total. The molecule has 2 aromatic carbocycles. The number of aliphatic hydroxyl groups is 1. The van der Waals surface area contributed by atoms with Crippen LogP contribution in [-0.4, -0.2) is 49.8 Å². The van der Waals surface area contributed by atoms with E-state index >= 15 is 0 Å². The Hall–Kier alpha value is -1.75. The number of methoxy groups -OCH3 is 1. The molecule has 3 rings (SSSR count). The van der Waals surface area contributed by atoms with E-state index < -0.39 is 6.10 Å². The van der Waals surface area contributed by atoms with Gasteiger partial charge in [-0.25, -0.2) is 0 Å². The minimum absolute atomic E-state index is 0.554. The third-order valence-corrected chi connectivity index (χ3v) is 4.83. The van der Waals surface area contributed by atoms with Crippen LogP contribution in [0.3, 0.4) is 0 Å². The highest BCUT2D eigenvalue weighted by molar-refractivity contribution is 6.31. The van der Waals surface area contributed by atoms with E-state index in [2.05, 4.69) is 21.9 Å². The van der Waals surface area contributed by atoms with Crippen LogP contribution >= 0.6 is 11.6 Å². The summed E-state index contributed by atoms with van der Waals surface area (Å²) in [5.74, 6) is 0.879. The van der Waals surface area contributed by atoms with E-state index in [1.165, 1.54) is 5.69 Å². The minimum Gasteiger partial charge on any atom is -0.497 e. The molecule has 1 saturated heterocycles. The lowest BCUT2D eigenvalue weighted by atomic mass is 10.1. The maximum absolute atomic E-state index is 10.4. The van der Waals surface area contributed by atoms with Gasteiger partial charge in [-0.05, 0) is 18.2 Å². The van der Waals surface area contributed by atoms with Crippen molar-refractivity contribution < 1.29 is 9.84 Å². The molecular weight excluding hydrogens is 324 g/mol. The monoisotopic (exact) mass is 346 g/mol. The van der Waals surface area contributed by atoms with Crippen LogP contribution < -0.4 is 9.64 Å². The van der Waals surface area contributed by atoms with E-state index in [0.29, 0.717) is 11.6 Å². The molecule has 4 nitrogen and oxygen atoms in total. The van der Waals surface area contributed by atoms with E-state index in [0.717, 1.165) is 37.5 Å². The number of halogens is 1. The summed E-state index contributed by atoms with van der Waals surface area (Å²) >= 11 is 6.17. The van der Waals surface area contributed by atoms with Gasteiger partial charge in [-0.2, -0.15) is 0 Å². The quantitative estimate of drug-likeness (QED) is 0.902. The first-order chi connectivity index (χ1) is 11.7. The van der Waals surface area contributed by atoms with Crippen LogP contribution in [0.4, 0.5) is 5.69 Å². The molecule has 1 aliphatic heterocycles. The normalized spacial score (nSPS) is 16.9. The van der Waals surface area contributed by atoms with Gasteiger partial charge in [0.05, 0.1) is 13.2 Å². The smallest absolute Gasteiger partial charge is 0.120 e. The van der Waals surface area contributed by atoms with Crippen molar-refractivity contribution in [1.29, 1.82) is 0 Å². The number of hydrogen-bond acceptors (Lipinski definition) is 4. The summed E-state index contributed by atoms with van der Waals surface area (Å²) in [6.45, 7) is 4.30. The minimum atomic E-state index is -0.554. The van der Waals surface area contributed by atoms with Crippen LogP contribution in [0.1, 0.15) is 11.7 Å². The number of benzene rings is 2. The third-order valence-electron chi connectivity index (χ3n) is 4.49. The molecule has 5 heteroatoms. The zero-order valence-corrected chi connectivity index (χ0v) is 14.6. The molecule has 0 aliphatic carbocycles. The summed E-state index contributed by atoms with van der Waals surface area (Å²) in [7, 11) is 1.69. The van der Waals surface area contributed by atoms with Crippen molar-refractivity contribution in [3.05, 3.63) is 59.1 Å². The number of hydrogen-bond donors (Lipinski definition) is 1. The Kier molecular flexibility index (Phi) is 5.61. The number of aliphatic hydroxyl groups excluding tert-OH is 1. The summed E-state index contributed by atoms with van der Waals surface area (Å²) in [4.78, 5) is 4.63. The Morgan fingerprint density at radius 2 is 1.83 bits per heavy atom. The lowest BCUT2D eigenvalue weighted by molar-refractivity contribution is 0.109. The molecule has 0 amide bonds. The number of β-amino-alcohol motifs (C(OH)–C–C–N with tert-alkyl or cyclic N) is 1. The second-order valence-corrected chi connectivity index (χ2v) is 6.43. The average Bonchev–Trinajstić information content (AvgIpc) is 2.62. The zero-order valence-electron chi connectivity index (χ0n) is 13.9. The highest BCUT2D eigenvalue weighted by Gasteiger charge is 2.21. The summed E-state index contributed by atoms with van der Waals surface area (Å²) in [5, 5.41) is 11.1. The van der Waals surface area contributed by atoms with E-state index in [9.17, 15) is 5.11 Å². The maximum atomic E-state index is 10.4. The Bertz CT molecular complexity index is 672. The first kappa shape index (κ1) is 17.1. The maximum Gasteiger partial charge on any atom is 0.120 e. The van der Waals surface area contributed by atoms with Gasteiger partial charge in [0.15, 0.2) is 0 Å². The number of rotatable bonds is 5. The van der Waals surface area contributed by atoms with Gasteiger partial charge in [0.1, 0.15) is 5.75 Å². The number of ether oxygens (including phenoxy) is 1. The Morgan fingerprint density at radius 3 is 2.54 bits per heavy atom. The molecule has 0 radical (unpaired) electrons. The van der Waals surface area contributed by atoms with Gasteiger partial charge >= 0.3 is 0 Å². The lowest BCUT2D eigenvalue weighted by Crippen LogP contribution is -2.47. The van der Waals surface area contributed by atoms with Gasteiger partial charge in [0, 0.05) is 55.1 Å². The van der Waals surface area contributed by atoms with E-state index in [-0.39, 0.29) is 0 Å². The highest BCUT2D eigenvalue weighted by Crippen LogP contribution is 2.25. The Labute approximate surface area is 148 Å². The highest BCUT2D eigenvalue weighted by atomic mass is 35.5. The summed E-state index contributed by atoms with van der Waals surface area (Å²) in [5.41, 5.74) is 1.98. The van der Waals surface area contributed by atoms with Crippen molar-refractivity contribution in [3.8, 4) is 5.75 Å². The van der Waals surface area contributed by atoms with Crippen LogP contribution in [0, 0.1) is 0 Å². The lowest BCUT2D eigenvalue weighted by Gasteiger charge is -2.37. The third kappa shape index (κ3) is 4.01. The van der Waals surface area contributed by atoms with Gasteiger partial charge < -0.3 is 14.7 Å². The van der Waals surface area contributed by atoms with Gasteiger partial charge in [0.2, 0.25) is 0 Å². The molecule has 1 fully saturated rings. The first-order valence-electron chi connectivity index (χ1n) is 8.21. The predicted molar refractivity (Wildman–Crippen MR) is 98.1 cm³/mol. The fraction of sp³-hybridized carbons (Fsp3) is 0.368. The van der Waals surface area contributed by atoms with E-state index in [4.69, 9.17) is 16.3 Å². The van der Waals surface area contributed by atoms with Crippen molar-refractivity contribution in [3.63, 3.8) is 0 Å². The van der Waals surface area contributed by atoms with E-state index in [1.807, 2.05) is 36.4 Å². The number of piperazine rings is 1. The van der Waals surface area contributed by atoms with Gasteiger partial charge in [-0.1, -0.05) is 35.9 Å². The molecule has 1 heterocycles. The summed E-state index contributed by atoms with van der Waals surface area (Å²) in [6.07, 6.45) is -0.554. The Morgan fingerprint density at radius 1 is 1.08 bits per heavy atom. The number of nitrogens with zero attached hydrogens (tertiary/aromatic N) is 2. The molecule has 1 aliphatic rings. The largest absolute Gasteiger partial charge is 0.497 e.